The van der Waals surface area contributed by atoms with E-state index in [1.807, 2.05) is 6.07 Å². The first-order chi connectivity index (χ1) is 9.15. The lowest BCUT2D eigenvalue weighted by Crippen LogP contribution is -2.41. The highest BCUT2D eigenvalue weighted by atomic mass is 79.9. The van der Waals surface area contributed by atoms with Crippen LogP contribution in [0.15, 0.2) is 22.7 Å². The third kappa shape index (κ3) is 3.70. The lowest BCUT2D eigenvalue weighted by molar-refractivity contribution is 0.0280. The molecule has 0 aliphatic carbocycles. The van der Waals surface area contributed by atoms with Gasteiger partial charge in [-0.25, -0.2) is 0 Å². The fourth-order valence-corrected chi connectivity index (χ4v) is 3.15. The first kappa shape index (κ1) is 15.3. The highest BCUT2D eigenvalue weighted by molar-refractivity contribution is 9.10. The summed E-state index contributed by atoms with van der Waals surface area (Å²) in [6.45, 7) is 2.67. The number of benzene rings is 1. The molecule has 0 spiro atoms. The fourth-order valence-electron chi connectivity index (χ4n) is 2.64. The minimum Gasteiger partial charge on any atom is -0.381 e. The Kier molecular flexibility index (Phi) is 5.66. The van der Waals surface area contributed by atoms with Crippen LogP contribution in [0.25, 0.3) is 0 Å². The van der Waals surface area contributed by atoms with Crippen LogP contribution in [-0.2, 0) is 4.74 Å². The quantitative estimate of drug-likeness (QED) is 0.909. The summed E-state index contributed by atoms with van der Waals surface area (Å²) in [6, 6.07) is 6.31. The van der Waals surface area contributed by atoms with Crippen molar-refractivity contribution in [1.82, 2.24) is 4.90 Å². The maximum atomic E-state index is 6.04. The third-order valence-corrected chi connectivity index (χ3v) is 5.02. The largest absolute Gasteiger partial charge is 0.381 e. The van der Waals surface area contributed by atoms with E-state index in [0.29, 0.717) is 12.6 Å². The van der Waals surface area contributed by atoms with Gasteiger partial charge in [0.1, 0.15) is 0 Å². The Labute approximate surface area is 128 Å². The topological polar surface area (TPSA) is 38.5 Å². The van der Waals surface area contributed by atoms with Gasteiger partial charge in [0.2, 0.25) is 0 Å². The smallest absolute Gasteiger partial charge is 0.0595 e. The molecule has 1 unspecified atom stereocenters. The number of rotatable bonds is 4. The Morgan fingerprint density at radius 2 is 2.16 bits per heavy atom. The zero-order valence-electron chi connectivity index (χ0n) is 11.1. The van der Waals surface area contributed by atoms with Gasteiger partial charge in [0.15, 0.2) is 0 Å². The number of piperidine rings is 1. The highest BCUT2D eigenvalue weighted by Gasteiger charge is 2.25. The molecule has 106 valence electrons. The van der Waals surface area contributed by atoms with E-state index in [9.17, 15) is 0 Å². The van der Waals surface area contributed by atoms with Crippen LogP contribution in [0.3, 0.4) is 0 Å². The molecule has 2 rings (SSSR count). The molecule has 5 heteroatoms. The van der Waals surface area contributed by atoms with Crippen LogP contribution >= 0.6 is 27.5 Å². The van der Waals surface area contributed by atoms with Gasteiger partial charge < -0.3 is 10.5 Å². The van der Waals surface area contributed by atoms with Crippen molar-refractivity contribution in [3.63, 3.8) is 0 Å². The van der Waals surface area contributed by atoms with Gasteiger partial charge in [-0.05, 0) is 46.5 Å². The minimum atomic E-state index is 0.256. The van der Waals surface area contributed by atoms with Crippen molar-refractivity contribution in [3.8, 4) is 0 Å². The summed E-state index contributed by atoms with van der Waals surface area (Å²) >= 11 is 9.52. The van der Waals surface area contributed by atoms with Crippen molar-refractivity contribution in [2.24, 2.45) is 5.73 Å². The molecule has 0 bridgehead atoms. The van der Waals surface area contributed by atoms with Crippen LogP contribution in [-0.4, -0.2) is 37.7 Å². The van der Waals surface area contributed by atoms with Crippen LogP contribution in [0.5, 0.6) is 0 Å². The van der Waals surface area contributed by atoms with E-state index in [4.69, 9.17) is 22.1 Å². The second-order valence-electron chi connectivity index (χ2n) is 4.90. The van der Waals surface area contributed by atoms with Crippen molar-refractivity contribution >= 4 is 27.5 Å². The molecule has 1 heterocycles. The first-order valence-electron chi connectivity index (χ1n) is 6.57. The zero-order valence-corrected chi connectivity index (χ0v) is 13.5. The standard InChI is InChI=1S/C14H20BrClN2O/c1-19-11-4-6-18(7-5-11)14(9-17)10-2-3-13(16)12(15)8-10/h2-3,8,11,14H,4-7,9,17H2,1H3. The monoisotopic (exact) mass is 346 g/mol. The summed E-state index contributed by atoms with van der Waals surface area (Å²) in [7, 11) is 1.79. The van der Waals surface area contributed by atoms with Gasteiger partial charge in [-0.3, -0.25) is 4.90 Å². The number of ether oxygens (including phenoxy) is 1. The third-order valence-electron chi connectivity index (χ3n) is 3.80. The molecular formula is C14H20BrClN2O. The van der Waals surface area contributed by atoms with Crippen LogP contribution in [0.2, 0.25) is 5.02 Å². The fraction of sp³-hybridized carbons (Fsp3) is 0.571. The molecule has 1 saturated heterocycles. The molecule has 1 aliphatic heterocycles. The van der Waals surface area contributed by atoms with Crippen LogP contribution < -0.4 is 5.73 Å². The molecule has 1 fully saturated rings. The summed E-state index contributed by atoms with van der Waals surface area (Å²) in [6.07, 6.45) is 2.54. The van der Waals surface area contributed by atoms with Crippen molar-refractivity contribution in [2.75, 3.05) is 26.7 Å². The summed E-state index contributed by atoms with van der Waals surface area (Å²) in [5.41, 5.74) is 7.19. The number of hydrogen-bond donors (Lipinski definition) is 1. The number of likely N-dealkylation sites (tertiary alicyclic amines) is 1. The number of nitrogens with zero attached hydrogens (tertiary/aromatic N) is 1. The molecule has 3 nitrogen and oxygen atoms in total. The van der Waals surface area contributed by atoms with E-state index in [1.54, 1.807) is 7.11 Å². The van der Waals surface area contributed by atoms with E-state index < -0.39 is 0 Å². The van der Waals surface area contributed by atoms with E-state index in [1.165, 1.54) is 5.56 Å². The van der Waals surface area contributed by atoms with E-state index in [-0.39, 0.29) is 6.04 Å². The summed E-state index contributed by atoms with van der Waals surface area (Å²) in [5, 5.41) is 0.734. The highest BCUT2D eigenvalue weighted by Crippen LogP contribution is 2.30. The predicted molar refractivity (Wildman–Crippen MR) is 82.6 cm³/mol. The van der Waals surface area contributed by atoms with Crippen LogP contribution in [0.1, 0.15) is 24.4 Å². The van der Waals surface area contributed by atoms with Gasteiger partial charge in [-0.1, -0.05) is 17.7 Å². The summed E-state index contributed by atoms with van der Waals surface area (Å²) < 4.78 is 6.34. The molecule has 1 aromatic rings. The number of halogens is 2. The van der Waals surface area contributed by atoms with Gasteiger partial charge >= 0.3 is 0 Å². The Morgan fingerprint density at radius 3 is 2.68 bits per heavy atom. The Bertz CT molecular complexity index is 422. The van der Waals surface area contributed by atoms with E-state index >= 15 is 0 Å². The predicted octanol–water partition coefficient (Wildman–Crippen LogP) is 3.21. The van der Waals surface area contributed by atoms with Gasteiger partial charge in [0.05, 0.1) is 11.1 Å². The number of methoxy groups -OCH3 is 1. The number of nitrogens with two attached hydrogens (primary N) is 1. The molecule has 1 aliphatic rings. The summed E-state index contributed by atoms with van der Waals surface area (Å²) in [4.78, 5) is 2.44. The van der Waals surface area contributed by atoms with Gasteiger partial charge in [0.25, 0.3) is 0 Å². The Morgan fingerprint density at radius 1 is 1.47 bits per heavy atom. The van der Waals surface area contributed by atoms with Crippen molar-refractivity contribution in [2.45, 2.75) is 25.0 Å². The van der Waals surface area contributed by atoms with Crippen molar-refractivity contribution in [1.29, 1.82) is 0 Å². The lowest BCUT2D eigenvalue weighted by atomic mass is 10.0. The van der Waals surface area contributed by atoms with Gasteiger partial charge in [0, 0.05) is 37.3 Å². The normalized spacial score (nSPS) is 19.6. The molecule has 1 atom stereocenters. The SMILES string of the molecule is COC1CCN(C(CN)c2ccc(Cl)c(Br)c2)CC1. The lowest BCUT2D eigenvalue weighted by Gasteiger charge is -2.37. The molecule has 0 saturated carbocycles. The number of hydrogen-bond acceptors (Lipinski definition) is 3. The second kappa shape index (κ2) is 7.04. The minimum absolute atomic E-state index is 0.256. The molecule has 0 amide bonds. The molecule has 0 radical (unpaired) electrons. The van der Waals surface area contributed by atoms with E-state index in [2.05, 4.69) is 33.0 Å². The molecule has 1 aromatic carbocycles. The summed E-state index contributed by atoms with van der Waals surface area (Å²) in [5.74, 6) is 0. The van der Waals surface area contributed by atoms with Gasteiger partial charge in [-0.2, -0.15) is 0 Å². The molecule has 2 N–H and O–H groups in total. The zero-order chi connectivity index (χ0) is 13.8. The molecule has 0 aromatic heterocycles. The maximum Gasteiger partial charge on any atom is 0.0595 e. The first-order valence-corrected chi connectivity index (χ1v) is 7.74. The van der Waals surface area contributed by atoms with E-state index in [0.717, 1.165) is 35.4 Å². The van der Waals surface area contributed by atoms with Crippen molar-refractivity contribution in [3.05, 3.63) is 33.3 Å². The van der Waals surface area contributed by atoms with Gasteiger partial charge in [-0.15, -0.1) is 0 Å². The average Bonchev–Trinajstić information content (AvgIpc) is 2.44. The maximum absolute atomic E-state index is 6.04. The molecule has 19 heavy (non-hydrogen) atoms. The van der Waals surface area contributed by atoms with Crippen molar-refractivity contribution < 1.29 is 4.74 Å². The Hall–Kier alpha value is -0.130. The van der Waals surface area contributed by atoms with Crippen LogP contribution in [0.4, 0.5) is 0 Å². The molecular weight excluding hydrogens is 328 g/mol. The Balaban J connectivity index is 2.09. The second-order valence-corrected chi connectivity index (χ2v) is 6.16. The van der Waals surface area contributed by atoms with Crippen LogP contribution in [0, 0.1) is 0 Å². The average molecular weight is 348 g/mol.